The van der Waals surface area contributed by atoms with E-state index in [1.807, 2.05) is 0 Å². The number of carbonyl (C=O) groups excluding carboxylic acids is 1. The van der Waals surface area contributed by atoms with Crippen LogP contribution >= 0.6 is 0 Å². The minimum Gasteiger partial charge on any atom is -0.352 e. The molecular weight excluding hydrogens is 290 g/mol. The van der Waals surface area contributed by atoms with E-state index in [0.29, 0.717) is 4.68 Å². The van der Waals surface area contributed by atoms with Crippen LogP contribution in [0.2, 0.25) is 0 Å². The molecule has 2 aromatic rings. The molecule has 0 aliphatic heterocycles. The fourth-order valence-corrected chi connectivity index (χ4v) is 1.82. The predicted molar refractivity (Wildman–Crippen MR) is 66.5 cm³/mol. The zero-order chi connectivity index (χ0) is 15.6. The van der Waals surface area contributed by atoms with E-state index in [0.717, 1.165) is 30.5 Å². The van der Waals surface area contributed by atoms with Crippen molar-refractivity contribution in [3.63, 3.8) is 0 Å². The van der Waals surface area contributed by atoms with Gasteiger partial charge in [-0.05, 0) is 31.2 Å². The maximum Gasteiger partial charge on any atom is 0.434 e. The third kappa shape index (κ3) is 3.04. The summed E-state index contributed by atoms with van der Waals surface area (Å²) < 4.78 is 53.0. The van der Waals surface area contributed by atoms with Crippen LogP contribution in [0.1, 0.15) is 23.0 Å². The molecule has 0 spiro atoms. The van der Waals surface area contributed by atoms with Gasteiger partial charge in [0.25, 0.3) is 5.91 Å². The minimum absolute atomic E-state index is 0.0132. The SMILES string of the molecule is CCNC(=O)c1cnn(-c2ccc(F)cc2)c1C(F)(F)F. The molecule has 0 saturated carbocycles. The first-order valence-electron chi connectivity index (χ1n) is 6.04. The number of alkyl halides is 3. The zero-order valence-corrected chi connectivity index (χ0v) is 10.9. The molecular formula is C13H11F4N3O. The van der Waals surface area contributed by atoms with Crippen molar-refractivity contribution in [2.75, 3.05) is 6.54 Å². The number of carbonyl (C=O) groups is 1. The molecule has 2 rings (SSSR count). The highest BCUT2D eigenvalue weighted by molar-refractivity contribution is 5.95. The Morgan fingerprint density at radius 3 is 2.43 bits per heavy atom. The largest absolute Gasteiger partial charge is 0.434 e. The van der Waals surface area contributed by atoms with Crippen molar-refractivity contribution in [1.29, 1.82) is 0 Å². The highest BCUT2D eigenvalue weighted by Gasteiger charge is 2.40. The lowest BCUT2D eigenvalue weighted by atomic mass is 10.2. The Morgan fingerprint density at radius 1 is 1.29 bits per heavy atom. The molecule has 1 heterocycles. The van der Waals surface area contributed by atoms with Gasteiger partial charge in [-0.15, -0.1) is 0 Å². The number of amides is 1. The van der Waals surface area contributed by atoms with Crippen LogP contribution in [0.4, 0.5) is 17.6 Å². The van der Waals surface area contributed by atoms with Gasteiger partial charge < -0.3 is 5.32 Å². The van der Waals surface area contributed by atoms with Crippen LogP contribution < -0.4 is 5.32 Å². The van der Waals surface area contributed by atoms with Crippen molar-refractivity contribution in [3.05, 3.63) is 47.5 Å². The van der Waals surface area contributed by atoms with E-state index in [-0.39, 0.29) is 12.2 Å². The van der Waals surface area contributed by atoms with Gasteiger partial charge in [-0.2, -0.15) is 18.3 Å². The molecule has 4 nitrogen and oxygen atoms in total. The van der Waals surface area contributed by atoms with Gasteiger partial charge in [0.1, 0.15) is 5.82 Å². The van der Waals surface area contributed by atoms with E-state index >= 15 is 0 Å². The fourth-order valence-electron chi connectivity index (χ4n) is 1.82. The summed E-state index contributed by atoms with van der Waals surface area (Å²) >= 11 is 0. The minimum atomic E-state index is -4.77. The average molecular weight is 301 g/mol. The Kier molecular flexibility index (Phi) is 3.97. The van der Waals surface area contributed by atoms with Crippen LogP contribution in [0.15, 0.2) is 30.5 Å². The first-order valence-corrected chi connectivity index (χ1v) is 6.04. The number of aromatic nitrogens is 2. The highest BCUT2D eigenvalue weighted by atomic mass is 19.4. The lowest BCUT2D eigenvalue weighted by Crippen LogP contribution is -2.26. The Bertz CT molecular complexity index is 646. The van der Waals surface area contributed by atoms with E-state index in [1.165, 1.54) is 0 Å². The van der Waals surface area contributed by atoms with Gasteiger partial charge >= 0.3 is 6.18 Å². The van der Waals surface area contributed by atoms with E-state index in [1.54, 1.807) is 6.92 Å². The normalized spacial score (nSPS) is 11.5. The number of nitrogens with zero attached hydrogens (tertiary/aromatic N) is 2. The van der Waals surface area contributed by atoms with Gasteiger partial charge in [0, 0.05) is 6.54 Å². The van der Waals surface area contributed by atoms with E-state index < -0.39 is 29.2 Å². The predicted octanol–water partition coefficient (Wildman–Crippen LogP) is 2.78. The lowest BCUT2D eigenvalue weighted by molar-refractivity contribution is -0.143. The summed E-state index contributed by atoms with van der Waals surface area (Å²) in [6, 6.07) is 4.34. The molecule has 1 N–H and O–H groups in total. The third-order valence-corrected chi connectivity index (χ3v) is 2.69. The number of nitrogens with one attached hydrogen (secondary N) is 1. The van der Waals surface area contributed by atoms with Crippen molar-refractivity contribution < 1.29 is 22.4 Å². The van der Waals surface area contributed by atoms with Crippen molar-refractivity contribution >= 4 is 5.91 Å². The topological polar surface area (TPSA) is 46.9 Å². The molecule has 0 saturated heterocycles. The van der Waals surface area contributed by atoms with Crippen LogP contribution in [0.25, 0.3) is 5.69 Å². The highest BCUT2D eigenvalue weighted by Crippen LogP contribution is 2.33. The van der Waals surface area contributed by atoms with E-state index in [2.05, 4.69) is 10.4 Å². The Labute approximate surface area is 117 Å². The van der Waals surface area contributed by atoms with Crippen LogP contribution in [0.5, 0.6) is 0 Å². The maximum atomic E-state index is 13.2. The maximum absolute atomic E-state index is 13.2. The Morgan fingerprint density at radius 2 is 1.90 bits per heavy atom. The molecule has 0 aliphatic carbocycles. The second-order valence-corrected chi connectivity index (χ2v) is 4.15. The van der Waals surface area contributed by atoms with Gasteiger partial charge in [-0.3, -0.25) is 4.79 Å². The van der Waals surface area contributed by atoms with E-state index in [4.69, 9.17) is 0 Å². The molecule has 0 fully saturated rings. The molecule has 0 aliphatic rings. The molecule has 1 aromatic carbocycles. The number of benzene rings is 1. The van der Waals surface area contributed by atoms with Crippen molar-refractivity contribution in [2.24, 2.45) is 0 Å². The molecule has 0 bridgehead atoms. The lowest BCUT2D eigenvalue weighted by Gasteiger charge is -2.12. The van der Waals surface area contributed by atoms with Gasteiger partial charge in [0.15, 0.2) is 5.69 Å². The van der Waals surface area contributed by atoms with Crippen LogP contribution in [0, 0.1) is 5.82 Å². The summed E-state index contributed by atoms with van der Waals surface area (Å²) in [5, 5.41) is 5.90. The number of rotatable bonds is 3. The molecule has 0 unspecified atom stereocenters. The van der Waals surface area contributed by atoms with E-state index in [9.17, 15) is 22.4 Å². The van der Waals surface area contributed by atoms with Gasteiger partial charge in [-0.1, -0.05) is 0 Å². The zero-order valence-electron chi connectivity index (χ0n) is 10.9. The standard InChI is InChI=1S/C13H11F4N3O/c1-2-18-12(21)10-7-19-20(11(10)13(15,16)17)9-5-3-8(14)4-6-9/h3-7H,2H2,1H3,(H,18,21). The molecule has 112 valence electrons. The Balaban J connectivity index is 2.57. The van der Waals surface area contributed by atoms with Crippen LogP contribution in [-0.4, -0.2) is 22.2 Å². The first-order chi connectivity index (χ1) is 9.84. The van der Waals surface area contributed by atoms with Crippen LogP contribution in [-0.2, 0) is 6.18 Å². The van der Waals surface area contributed by atoms with Gasteiger partial charge in [0.05, 0.1) is 17.4 Å². The smallest absolute Gasteiger partial charge is 0.352 e. The molecule has 0 radical (unpaired) electrons. The monoisotopic (exact) mass is 301 g/mol. The summed E-state index contributed by atoms with van der Waals surface area (Å²) in [4.78, 5) is 11.7. The first kappa shape index (κ1) is 15.0. The summed E-state index contributed by atoms with van der Waals surface area (Å²) in [6.07, 6.45) is -3.93. The Hall–Kier alpha value is -2.38. The second-order valence-electron chi connectivity index (χ2n) is 4.15. The van der Waals surface area contributed by atoms with Gasteiger partial charge in [0.2, 0.25) is 0 Å². The summed E-state index contributed by atoms with van der Waals surface area (Å²) in [7, 11) is 0. The quantitative estimate of drug-likeness (QED) is 0.886. The summed E-state index contributed by atoms with van der Waals surface area (Å²) in [5.41, 5.74) is -1.76. The molecule has 8 heteroatoms. The fraction of sp³-hybridized carbons (Fsp3) is 0.231. The van der Waals surface area contributed by atoms with Crippen molar-refractivity contribution in [3.8, 4) is 5.69 Å². The molecule has 21 heavy (non-hydrogen) atoms. The second kappa shape index (κ2) is 5.55. The summed E-state index contributed by atoms with van der Waals surface area (Å²) in [5.74, 6) is -1.44. The molecule has 1 amide bonds. The number of halogens is 4. The van der Waals surface area contributed by atoms with Crippen molar-refractivity contribution in [1.82, 2.24) is 15.1 Å². The average Bonchev–Trinajstić information content (AvgIpc) is 2.84. The van der Waals surface area contributed by atoms with Crippen molar-refractivity contribution in [2.45, 2.75) is 13.1 Å². The number of hydrogen-bond acceptors (Lipinski definition) is 2. The molecule has 0 atom stereocenters. The number of hydrogen-bond donors (Lipinski definition) is 1. The molecule has 1 aromatic heterocycles. The summed E-state index contributed by atoms with van der Waals surface area (Å²) in [6.45, 7) is 1.79. The third-order valence-electron chi connectivity index (χ3n) is 2.69. The van der Waals surface area contributed by atoms with Gasteiger partial charge in [-0.25, -0.2) is 9.07 Å². The van der Waals surface area contributed by atoms with Crippen LogP contribution in [0.3, 0.4) is 0 Å².